The molecule has 0 fully saturated rings. The number of ether oxygens (including phenoxy) is 1. The van der Waals surface area contributed by atoms with Crippen LogP contribution in [0.4, 0.5) is 0 Å². The van der Waals surface area contributed by atoms with Crippen LogP contribution in [0.2, 0.25) is 5.02 Å². The fourth-order valence-electron chi connectivity index (χ4n) is 3.99. The second-order valence-electron chi connectivity index (χ2n) is 8.37. The number of amides is 1. The Labute approximate surface area is 219 Å². The van der Waals surface area contributed by atoms with Gasteiger partial charge in [0.2, 0.25) is 0 Å². The fourth-order valence-corrected chi connectivity index (χ4v) is 4.17. The standard InChI is InChI=1S/C29H26ClN3O4/c1-37-29(36)26(15-19-7-3-2-4-8-19)31-17-21-11-12-22(24-10-6-5-9-23(21)24)18-32-33-28(35)20-13-14-27(34)25(30)16-20/h2-14,16,18,26,31,34H,15,17H2,1H3,(H,33,35). The van der Waals surface area contributed by atoms with Gasteiger partial charge < -0.3 is 9.84 Å². The van der Waals surface area contributed by atoms with Crippen LogP contribution in [0, 0.1) is 0 Å². The summed E-state index contributed by atoms with van der Waals surface area (Å²) < 4.78 is 5.01. The first-order valence-corrected chi connectivity index (χ1v) is 12.0. The third-order valence-electron chi connectivity index (χ3n) is 5.93. The number of hydrogen-bond donors (Lipinski definition) is 3. The predicted octanol–water partition coefficient (Wildman–Crippen LogP) is 4.84. The highest BCUT2D eigenvalue weighted by Gasteiger charge is 2.19. The number of methoxy groups -OCH3 is 1. The minimum absolute atomic E-state index is 0.0880. The minimum atomic E-state index is -0.490. The Morgan fingerprint density at radius 1 is 1.00 bits per heavy atom. The van der Waals surface area contributed by atoms with E-state index in [2.05, 4.69) is 15.8 Å². The lowest BCUT2D eigenvalue weighted by Crippen LogP contribution is -2.39. The van der Waals surface area contributed by atoms with Crippen LogP contribution in [-0.2, 0) is 22.5 Å². The molecule has 1 unspecified atom stereocenters. The number of carbonyl (C=O) groups excluding carboxylic acids is 2. The number of rotatable bonds is 9. The van der Waals surface area contributed by atoms with Gasteiger partial charge in [-0.25, -0.2) is 5.43 Å². The second kappa shape index (κ2) is 12.2. The number of nitrogens with zero attached hydrogens (tertiary/aromatic N) is 1. The van der Waals surface area contributed by atoms with Crippen LogP contribution >= 0.6 is 11.6 Å². The highest BCUT2D eigenvalue weighted by molar-refractivity contribution is 6.32. The fraction of sp³-hybridized carbons (Fsp3) is 0.138. The normalized spacial score (nSPS) is 11.9. The number of hydrazone groups is 1. The van der Waals surface area contributed by atoms with Crippen LogP contribution in [0.5, 0.6) is 5.75 Å². The van der Waals surface area contributed by atoms with Gasteiger partial charge in [0.15, 0.2) is 0 Å². The van der Waals surface area contributed by atoms with Crippen LogP contribution < -0.4 is 10.7 Å². The summed E-state index contributed by atoms with van der Waals surface area (Å²) in [6, 6.07) is 25.2. The van der Waals surface area contributed by atoms with Gasteiger partial charge in [-0.15, -0.1) is 0 Å². The molecule has 0 aliphatic rings. The first-order chi connectivity index (χ1) is 18.0. The smallest absolute Gasteiger partial charge is 0.323 e. The number of hydrogen-bond acceptors (Lipinski definition) is 6. The molecule has 4 aromatic rings. The van der Waals surface area contributed by atoms with E-state index in [1.165, 1.54) is 25.3 Å². The molecule has 0 saturated carbocycles. The Bertz CT molecular complexity index is 1440. The van der Waals surface area contributed by atoms with Gasteiger partial charge in [-0.1, -0.05) is 78.3 Å². The molecule has 0 heterocycles. The van der Waals surface area contributed by atoms with Crippen LogP contribution in [0.15, 0.2) is 90.0 Å². The van der Waals surface area contributed by atoms with Gasteiger partial charge in [-0.05, 0) is 46.5 Å². The van der Waals surface area contributed by atoms with Crippen molar-refractivity contribution in [1.82, 2.24) is 10.7 Å². The largest absolute Gasteiger partial charge is 0.506 e. The number of phenols is 1. The Hall–Kier alpha value is -4.20. The minimum Gasteiger partial charge on any atom is -0.506 e. The number of benzene rings is 4. The molecular weight excluding hydrogens is 490 g/mol. The molecule has 3 N–H and O–H groups in total. The molecule has 0 aromatic heterocycles. The molecule has 0 spiro atoms. The van der Waals surface area contributed by atoms with Crippen molar-refractivity contribution in [3.8, 4) is 5.75 Å². The Balaban J connectivity index is 1.49. The lowest BCUT2D eigenvalue weighted by Gasteiger charge is -2.18. The molecule has 4 aromatic carbocycles. The van der Waals surface area contributed by atoms with Crippen LogP contribution in [0.25, 0.3) is 10.8 Å². The Kier molecular flexibility index (Phi) is 8.51. The predicted molar refractivity (Wildman–Crippen MR) is 145 cm³/mol. The topological polar surface area (TPSA) is 100 Å². The molecule has 8 heteroatoms. The molecule has 1 atom stereocenters. The number of fused-ring (bicyclic) bond motifs is 1. The Morgan fingerprint density at radius 3 is 2.46 bits per heavy atom. The molecule has 0 saturated heterocycles. The van der Waals surface area contributed by atoms with Crippen LogP contribution in [-0.4, -0.2) is 36.3 Å². The molecule has 0 aliphatic heterocycles. The van der Waals surface area contributed by atoms with E-state index in [-0.39, 0.29) is 22.3 Å². The van der Waals surface area contributed by atoms with Gasteiger partial charge >= 0.3 is 5.97 Å². The van der Waals surface area contributed by atoms with Gasteiger partial charge in [-0.3, -0.25) is 14.9 Å². The van der Waals surface area contributed by atoms with E-state index in [0.29, 0.717) is 13.0 Å². The third kappa shape index (κ3) is 6.52. The average Bonchev–Trinajstić information content (AvgIpc) is 2.93. The van der Waals surface area contributed by atoms with Crippen LogP contribution in [0.3, 0.4) is 0 Å². The molecule has 188 valence electrons. The van der Waals surface area contributed by atoms with Crippen molar-refractivity contribution in [2.45, 2.75) is 19.0 Å². The highest BCUT2D eigenvalue weighted by atomic mass is 35.5. The van der Waals surface area contributed by atoms with Crippen molar-refractivity contribution < 1.29 is 19.4 Å². The highest BCUT2D eigenvalue weighted by Crippen LogP contribution is 2.24. The van der Waals surface area contributed by atoms with E-state index in [0.717, 1.165) is 27.5 Å². The van der Waals surface area contributed by atoms with Crippen molar-refractivity contribution in [2.24, 2.45) is 5.10 Å². The second-order valence-corrected chi connectivity index (χ2v) is 8.78. The van der Waals surface area contributed by atoms with Gasteiger partial charge in [-0.2, -0.15) is 5.10 Å². The maximum absolute atomic E-state index is 12.4. The number of phenolic OH excluding ortho intramolecular Hbond substituents is 1. The van der Waals surface area contributed by atoms with E-state index in [1.807, 2.05) is 66.7 Å². The van der Waals surface area contributed by atoms with Crippen molar-refractivity contribution in [3.63, 3.8) is 0 Å². The van der Waals surface area contributed by atoms with Crippen molar-refractivity contribution in [1.29, 1.82) is 0 Å². The summed E-state index contributed by atoms with van der Waals surface area (Å²) in [5.74, 6) is -0.862. The van der Waals surface area contributed by atoms with Gasteiger partial charge in [0.05, 0.1) is 18.3 Å². The van der Waals surface area contributed by atoms with Crippen molar-refractivity contribution in [2.75, 3.05) is 7.11 Å². The van der Waals surface area contributed by atoms with Crippen molar-refractivity contribution >= 4 is 40.5 Å². The summed E-state index contributed by atoms with van der Waals surface area (Å²) in [7, 11) is 1.39. The number of carbonyl (C=O) groups is 2. The van der Waals surface area contributed by atoms with Crippen LogP contribution in [0.1, 0.15) is 27.0 Å². The van der Waals surface area contributed by atoms with E-state index in [9.17, 15) is 14.7 Å². The Morgan fingerprint density at radius 2 is 1.73 bits per heavy atom. The lowest BCUT2D eigenvalue weighted by molar-refractivity contribution is -0.143. The van der Waals surface area contributed by atoms with Crippen molar-refractivity contribution in [3.05, 3.63) is 112 Å². The quantitative estimate of drug-likeness (QED) is 0.168. The van der Waals surface area contributed by atoms with Gasteiger partial charge in [0, 0.05) is 17.7 Å². The molecule has 7 nitrogen and oxygen atoms in total. The zero-order valence-electron chi connectivity index (χ0n) is 20.1. The molecular formula is C29H26ClN3O4. The molecule has 0 bridgehead atoms. The van der Waals surface area contributed by atoms with E-state index in [4.69, 9.17) is 16.3 Å². The molecule has 0 aliphatic carbocycles. The summed E-state index contributed by atoms with van der Waals surface area (Å²) >= 11 is 5.88. The first kappa shape index (κ1) is 25.9. The lowest BCUT2D eigenvalue weighted by atomic mass is 9.99. The number of aromatic hydroxyl groups is 1. The summed E-state index contributed by atoms with van der Waals surface area (Å²) in [6.45, 7) is 0.461. The maximum Gasteiger partial charge on any atom is 0.323 e. The molecule has 0 radical (unpaired) electrons. The van der Waals surface area contributed by atoms with E-state index >= 15 is 0 Å². The molecule has 1 amide bonds. The number of esters is 1. The monoisotopic (exact) mass is 515 g/mol. The van der Waals surface area contributed by atoms with E-state index in [1.54, 1.807) is 6.21 Å². The van der Waals surface area contributed by atoms with E-state index < -0.39 is 11.9 Å². The average molecular weight is 516 g/mol. The first-order valence-electron chi connectivity index (χ1n) is 11.6. The summed E-state index contributed by atoms with van der Waals surface area (Å²) in [4.78, 5) is 24.8. The zero-order valence-corrected chi connectivity index (χ0v) is 20.9. The SMILES string of the molecule is COC(=O)C(Cc1ccccc1)NCc1ccc(C=NNC(=O)c2ccc(O)c(Cl)c2)c2ccccc12. The summed E-state index contributed by atoms with van der Waals surface area (Å²) in [5, 5.41) is 19.0. The maximum atomic E-state index is 12.4. The summed E-state index contributed by atoms with van der Waals surface area (Å²) in [5.41, 5.74) is 5.63. The number of nitrogens with one attached hydrogen (secondary N) is 2. The van der Waals surface area contributed by atoms with Gasteiger partial charge in [0.1, 0.15) is 11.8 Å². The molecule has 37 heavy (non-hydrogen) atoms. The zero-order chi connectivity index (χ0) is 26.2. The summed E-state index contributed by atoms with van der Waals surface area (Å²) in [6.07, 6.45) is 2.09. The van der Waals surface area contributed by atoms with Gasteiger partial charge in [0.25, 0.3) is 5.91 Å². The molecule has 4 rings (SSSR count). The third-order valence-corrected chi connectivity index (χ3v) is 6.24. The number of halogens is 1.